The Kier molecular flexibility index (Phi) is 6.77. The summed E-state index contributed by atoms with van der Waals surface area (Å²) in [7, 11) is 3.66. The van der Waals surface area contributed by atoms with Crippen LogP contribution < -0.4 is 15.5 Å². The lowest BCUT2D eigenvalue weighted by molar-refractivity contribution is -0.0461. The van der Waals surface area contributed by atoms with Crippen LogP contribution >= 0.6 is 0 Å². The SMILES string of the molecule is CC(NC(=O)c1cc(NC(=O)N2CCC(F)(F)CC2)ccc1N(C)C)c1ccccc1. The number of amides is 3. The third-order valence-corrected chi connectivity index (χ3v) is 5.40. The molecule has 1 aliphatic heterocycles. The second-order valence-corrected chi connectivity index (χ2v) is 8.01. The first-order chi connectivity index (χ1) is 14.7. The average Bonchev–Trinajstić information content (AvgIpc) is 2.74. The van der Waals surface area contributed by atoms with Crippen molar-refractivity contribution in [1.82, 2.24) is 10.2 Å². The van der Waals surface area contributed by atoms with Crippen molar-refractivity contribution in [3.05, 3.63) is 59.7 Å². The van der Waals surface area contributed by atoms with E-state index in [2.05, 4.69) is 10.6 Å². The highest BCUT2D eigenvalue weighted by molar-refractivity contribution is 6.02. The molecule has 2 aromatic rings. The van der Waals surface area contributed by atoms with E-state index in [4.69, 9.17) is 0 Å². The van der Waals surface area contributed by atoms with Gasteiger partial charge in [0.05, 0.1) is 11.6 Å². The smallest absolute Gasteiger partial charge is 0.321 e. The van der Waals surface area contributed by atoms with E-state index < -0.39 is 12.0 Å². The highest BCUT2D eigenvalue weighted by Gasteiger charge is 2.35. The Labute approximate surface area is 181 Å². The largest absolute Gasteiger partial charge is 0.377 e. The number of carbonyl (C=O) groups excluding carboxylic acids is 2. The predicted molar refractivity (Wildman–Crippen MR) is 118 cm³/mol. The molecule has 6 nitrogen and oxygen atoms in total. The van der Waals surface area contributed by atoms with E-state index in [9.17, 15) is 18.4 Å². The van der Waals surface area contributed by atoms with Crippen molar-refractivity contribution >= 4 is 23.3 Å². The van der Waals surface area contributed by atoms with Gasteiger partial charge in [0.1, 0.15) is 0 Å². The molecule has 31 heavy (non-hydrogen) atoms. The number of alkyl halides is 2. The summed E-state index contributed by atoms with van der Waals surface area (Å²) in [6.07, 6.45) is -0.684. The summed E-state index contributed by atoms with van der Waals surface area (Å²) in [4.78, 5) is 28.7. The molecule has 2 N–H and O–H groups in total. The Hall–Kier alpha value is -3.16. The van der Waals surface area contributed by atoms with Crippen LogP contribution in [0.2, 0.25) is 0 Å². The second-order valence-electron chi connectivity index (χ2n) is 8.01. The quantitative estimate of drug-likeness (QED) is 0.734. The lowest BCUT2D eigenvalue weighted by Gasteiger charge is -2.31. The molecule has 1 atom stereocenters. The third kappa shape index (κ3) is 5.71. The number of nitrogens with one attached hydrogen (secondary N) is 2. The molecule has 1 fully saturated rings. The molecule has 166 valence electrons. The van der Waals surface area contributed by atoms with Crippen molar-refractivity contribution in [3.8, 4) is 0 Å². The maximum absolute atomic E-state index is 13.3. The van der Waals surface area contributed by atoms with E-state index in [1.165, 1.54) is 4.90 Å². The highest BCUT2D eigenvalue weighted by atomic mass is 19.3. The molecule has 0 spiro atoms. The maximum Gasteiger partial charge on any atom is 0.321 e. The summed E-state index contributed by atoms with van der Waals surface area (Å²) in [5, 5.41) is 5.72. The van der Waals surface area contributed by atoms with Crippen molar-refractivity contribution < 1.29 is 18.4 Å². The molecule has 2 aromatic carbocycles. The first kappa shape index (κ1) is 22.5. The Bertz CT molecular complexity index is 924. The molecule has 8 heteroatoms. The average molecular weight is 430 g/mol. The van der Waals surface area contributed by atoms with Gasteiger partial charge in [-0.05, 0) is 30.7 Å². The summed E-state index contributed by atoms with van der Waals surface area (Å²) in [5.74, 6) is -2.99. The molecular weight excluding hydrogens is 402 g/mol. The molecule has 1 aliphatic rings. The lowest BCUT2D eigenvalue weighted by atomic mass is 10.1. The van der Waals surface area contributed by atoms with Crippen LogP contribution in [0.15, 0.2) is 48.5 Å². The van der Waals surface area contributed by atoms with Gasteiger partial charge in [-0.25, -0.2) is 13.6 Å². The Morgan fingerprint density at radius 2 is 1.71 bits per heavy atom. The number of anilines is 2. The van der Waals surface area contributed by atoms with Gasteiger partial charge in [-0.1, -0.05) is 30.3 Å². The number of nitrogens with zero attached hydrogens (tertiary/aromatic N) is 2. The van der Waals surface area contributed by atoms with Crippen LogP contribution in [0.5, 0.6) is 0 Å². The first-order valence-electron chi connectivity index (χ1n) is 10.3. The zero-order valence-electron chi connectivity index (χ0n) is 18.0. The van der Waals surface area contributed by atoms with E-state index in [-0.39, 0.29) is 37.9 Å². The van der Waals surface area contributed by atoms with Gasteiger partial charge in [0.25, 0.3) is 11.8 Å². The molecule has 3 amide bonds. The predicted octanol–water partition coefficient (Wildman–Crippen LogP) is 4.51. The minimum absolute atomic E-state index is 0.00342. The number of rotatable bonds is 5. The molecule has 0 aliphatic carbocycles. The molecular formula is C23H28F2N4O2. The monoisotopic (exact) mass is 430 g/mol. The van der Waals surface area contributed by atoms with Gasteiger partial charge in [0.15, 0.2) is 0 Å². The number of urea groups is 1. The fourth-order valence-corrected chi connectivity index (χ4v) is 3.52. The summed E-state index contributed by atoms with van der Waals surface area (Å²) >= 11 is 0. The van der Waals surface area contributed by atoms with Gasteiger partial charge < -0.3 is 20.4 Å². The fourth-order valence-electron chi connectivity index (χ4n) is 3.52. The minimum atomic E-state index is -2.72. The van der Waals surface area contributed by atoms with Crippen molar-refractivity contribution in [2.45, 2.75) is 31.7 Å². The third-order valence-electron chi connectivity index (χ3n) is 5.40. The van der Waals surface area contributed by atoms with Gasteiger partial charge in [-0.3, -0.25) is 4.79 Å². The van der Waals surface area contributed by atoms with E-state index in [1.54, 1.807) is 18.2 Å². The number of piperidine rings is 1. The van der Waals surface area contributed by atoms with Gasteiger partial charge >= 0.3 is 6.03 Å². The van der Waals surface area contributed by atoms with Crippen molar-refractivity contribution in [3.63, 3.8) is 0 Å². The molecule has 0 radical (unpaired) electrons. The summed E-state index contributed by atoms with van der Waals surface area (Å²) < 4.78 is 26.7. The van der Waals surface area contributed by atoms with Crippen LogP contribution in [0.4, 0.5) is 25.0 Å². The molecule has 0 aromatic heterocycles. The fraction of sp³-hybridized carbons (Fsp3) is 0.391. The number of carbonyl (C=O) groups is 2. The molecule has 0 bridgehead atoms. The van der Waals surface area contributed by atoms with Crippen molar-refractivity contribution in [2.75, 3.05) is 37.4 Å². The Morgan fingerprint density at radius 1 is 1.06 bits per heavy atom. The van der Waals surface area contributed by atoms with Crippen molar-refractivity contribution in [1.29, 1.82) is 0 Å². The van der Waals surface area contributed by atoms with Gasteiger partial charge in [0.2, 0.25) is 0 Å². The van der Waals surface area contributed by atoms with Crippen LogP contribution in [-0.4, -0.2) is 49.9 Å². The zero-order valence-corrected chi connectivity index (χ0v) is 18.0. The second kappa shape index (κ2) is 9.32. The van der Waals surface area contributed by atoms with Crippen LogP contribution in [0, 0.1) is 0 Å². The lowest BCUT2D eigenvalue weighted by Crippen LogP contribution is -2.44. The van der Waals surface area contributed by atoms with Gasteiger partial charge in [0, 0.05) is 51.4 Å². The molecule has 1 saturated heterocycles. The van der Waals surface area contributed by atoms with Crippen LogP contribution in [0.1, 0.15) is 41.7 Å². The normalized spacial score (nSPS) is 16.4. The topological polar surface area (TPSA) is 64.7 Å². The zero-order chi connectivity index (χ0) is 22.6. The Balaban J connectivity index is 1.74. The molecule has 1 heterocycles. The maximum atomic E-state index is 13.3. The molecule has 3 rings (SSSR count). The Morgan fingerprint density at radius 3 is 2.32 bits per heavy atom. The van der Waals surface area contributed by atoms with Crippen LogP contribution in [-0.2, 0) is 0 Å². The van der Waals surface area contributed by atoms with Crippen molar-refractivity contribution in [2.24, 2.45) is 0 Å². The molecule has 0 saturated carbocycles. The van der Waals surface area contributed by atoms with E-state index in [0.717, 1.165) is 5.56 Å². The molecule has 1 unspecified atom stereocenters. The van der Waals surface area contributed by atoms with Gasteiger partial charge in [-0.15, -0.1) is 0 Å². The van der Waals surface area contributed by atoms with Gasteiger partial charge in [-0.2, -0.15) is 0 Å². The van der Waals surface area contributed by atoms with Crippen LogP contribution in [0.3, 0.4) is 0 Å². The highest BCUT2D eigenvalue weighted by Crippen LogP contribution is 2.28. The van der Waals surface area contributed by atoms with E-state index >= 15 is 0 Å². The number of likely N-dealkylation sites (tertiary alicyclic amines) is 1. The number of hydrogen-bond donors (Lipinski definition) is 2. The number of hydrogen-bond acceptors (Lipinski definition) is 3. The summed E-state index contributed by atoms with van der Waals surface area (Å²) in [5.41, 5.74) is 2.53. The standard InChI is InChI=1S/C23H28F2N4O2/c1-16(17-7-5-4-6-8-17)26-21(30)19-15-18(9-10-20(19)28(2)3)27-22(31)29-13-11-23(24,25)12-14-29/h4-10,15-16H,11-14H2,1-3H3,(H,26,30)(H,27,31). The summed E-state index contributed by atoms with van der Waals surface area (Å²) in [6, 6.07) is 14.0. The van der Waals surface area contributed by atoms with E-state index in [1.807, 2.05) is 56.3 Å². The minimum Gasteiger partial charge on any atom is -0.377 e. The summed E-state index contributed by atoms with van der Waals surface area (Å²) in [6.45, 7) is 1.90. The van der Waals surface area contributed by atoms with E-state index in [0.29, 0.717) is 16.9 Å². The number of benzene rings is 2. The van der Waals surface area contributed by atoms with Crippen LogP contribution in [0.25, 0.3) is 0 Å². The first-order valence-corrected chi connectivity index (χ1v) is 10.3. The number of halogens is 2.